The van der Waals surface area contributed by atoms with Crippen molar-refractivity contribution < 1.29 is 29.5 Å². The molecule has 0 bridgehead atoms. The number of aromatic hydroxyl groups is 2. The Morgan fingerprint density at radius 2 is 1.00 bits per heavy atom. The van der Waals surface area contributed by atoms with Crippen LogP contribution < -0.4 is 25.9 Å². The van der Waals surface area contributed by atoms with Crippen LogP contribution >= 0.6 is 0 Å². The van der Waals surface area contributed by atoms with Gasteiger partial charge in [-0.05, 0) is 112 Å². The van der Waals surface area contributed by atoms with Crippen LogP contribution in [0.1, 0.15) is 64.1 Å². The average molecular weight is 1060 g/mol. The maximum Gasteiger partial charge on any atom is 0.248 e. The Bertz CT molecular complexity index is 3560. The minimum atomic E-state index is -0.787. The average Bonchev–Trinajstić information content (AvgIpc) is 4.48. The lowest BCUT2D eigenvalue weighted by atomic mass is 10.0. The number of benzene rings is 8. The maximum atomic E-state index is 12.2. The Kier molecular flexibility index (Phi) is 20.4. The highest BCUT2D eigenvalue weighted by Crippen LogP contribution is 2.37. The summed E-state index contributed by atoms with van der Waals surface area (Å²) in [6.45, 7) is 5.23. The number of aromatic amines is 2. The van der Waals surface area contributed by atoms with Crippen molar-refractivity contribution in [2.24, 2.45) is 0 Å². The smallest absolute Gasteiger partial charge is 0.248 e. The molecule has 0 amide bonds. The number of aliphatic hydroxyl groups is 1. The van der Waals surface area contributed by atoms with Gasteiger partial charge in [0, 0.05) is 49.1 Å². The summed E-state index contributed by atoms with van der Waals surface area (Å²) in [6, 6.07) is 69.2. The number of H-pyrrole nitrogens is 2. The fraction of sp³-hybridized carbons (Fsp3) is 0.194. The summed E-state index contributed by atoms with van der Waals surface area (Å²) < 4.78 is 17.3. The summed E-state index contributed by atoms with van der Waals surface area (Å²) >= 11 is 0. The molecule has 0 spiro atoms. The lowest BCUT2D eigenvalue weighted by Crippen LogP contribution is -2.30. The normalized spacial score (nSPS) is 12.8. The highest BCUT2D eigenvalue weighted by atomic mass is 16.6. The van der Waals surface area contributed by atoms with Gasteiger partial charge in [0.15, 0.2) is 0 Å². The third-order valence-electron chi connectivity index (χ3n) is 13.3. The SMILES string of the molecule is C.O=c1ccc2c([C@@H](O)CN(CCc3ccc(O)cc3)Cc3ccccc3)ccc(OCc3ccccc3)c2[nH]1.O=c1ccc2c([C@@H]3CO3)ccc(OCc3ccccc3)c2[nH]1.Oc1ccc(CCNCc2ccccc2)cc1. The van der Waals surface area contributed by atoms with E-state index in [1.807, 2.05) is 140 Å². The van der Waals surface area contributed by atoms with Gasteiger partial charge in [0.2, 0.25) is 11.1 Å². The molecule has 1 aliphatic rings. The first-order chi connectivity index (χ1) is 38.2. The Balaban J connectivity index is 0.000000172. The van der Waals surface area contributed by atoms with Crippen molar-refractivity contribution in [1.82, 2.24) is 20.2 Å². The van der Waals surface area contributed by atoms with Gasteiger partial charge in [0.05, 0.1) is 23.7 Å². The van der Waals surface area contributed by atoms with E-state index in [1.165, 1.54) is 23.3 Å². The number of ether oxygens (including phenoxy) is 3. The molecule has 1 aliphatic heterocycles. The molecule has 2 atom stereocenters. The van der Waals surface area contributed by atoms with Gasteiger partial charge in [-0.15, -0.1) is 0 Å². The van der Waals surface area contributed by atoms with Gasteiger partial charge in [-0.2, -0.15) is 0 Å². The molecule has 1 saturated heterocycles. The number of epoxide rings is 1. The van der Waals surface area contributed by atoms with Gasteiger partial charge in [0.1, 0.15) is 42.3 Å². The van der Waals surface area contributed by atoms with Gasteiger partial charge >= 0.3 is 0 Å². The lowest BCUT2D eigenvalue weighted by Gasteiger charge is -2.26. The molecule has 0 aliphatic carbocycles. The number of nitrogens with one attached hydrogen (secondary N) is 3. The Labute approximate surface area is 461 Å². The van der Waals surface area contributed by atoms with Crippen molar-refractivity contribution >= 4 is 21.8 Å². The van der Waals surface area contributed by atoms with Crippen molar-refractivity contribution in [3.05, 3.63) is 284 Å². The Morgan fingerprint density at radius 3 is 1.53 bits per heavy atom. The van der Waals surface area contributed by atoms with Crippen molar-refractivity contribution in [3.63, 3.8) is 0 Å². The van der Waals surface area contributed by atoms with E-state index in [0.29, 0.717) is 49.1 Å². The van der Waals surface area contributed by atoms with Crippen molar-refractivity contribution in [2.45, 2.75) is 58.8 Å². The first kappa shape index (κ1) is 56.4. The fourth-order valence-electron chi connectivity index (χ4n) is 9.10. The van der Waals surface area contributed by atoms with Crippen LogP contribution in [0.2, 0.25) is 0 Å². The molecule has 3 heterocycles. The minimum Gasteiger partial charge on any atom is -0.508 e. The molecule has 0 unspecified atom stereocenters. The van der Waals surface area contributed by atoms with E-state index in [0.717, 1.165) is 88.8 Å². The van der Waals surface area contributed by atoms with Gasteiger partial charge in [-0.25, -0.2) is 0 Å². The highest BCUT2D eigenvalue weighted by molar-refractivity contribution is 5.88. The number of hydrogen-bond acceptors (Lipinski definition) is 10. The molecule has 11 rings (SSSR count). The monoisotopic (exact) mass is 1060 g/mol. The number of fused-ring (bicyclic) bond motifs is 2. The highest BCUT2D eigenvalue weighted by Gasteiger charge is 2.27. The Morgan fingerprint density at radius 1 is 0.532 bits per heavy atom. The van der Waals surface area contributed by atoms with E-state index < -0.39 is 6.10 Å². The lowest BCUT2D eigenvalue weighted by molar-refractivity contribution is 0.110. The first-order valence-electron chi connectivity index (χ1n) is 26.2. The van der Waals surface area contributed by atoms with Crippen molar-refractivity contribution in [2.75, 3.05) is 26.2 Å². The van der Waals surface area contributed by atoms with Crippen LogP contribution in [0.25, 0.3) is 21.8 Å². The number of aliphatic hydroxyl groups excluding tert-OH is 1. The molecule has 79 heavy (non-hydrogen) atoms. The van der Waals surface area contributed by atoms with Gasteiger partial charge < -0.3 is 44.8 Å². The number of aromatic nitrogens is 2. The number of pyridine rings is 2. The van der Waals surface area contributed by atoms with Gasteiger partial charge in [-0.3, -0.25) is 14.5 Å². The molecule has 404 valence electrons. The number of rotatable bonds is 20. The number of nitrogens with zero attached hydrogens (tertiary/aromatic N) is 1. The van der Waals surface area contributed by atoms with Crippen molar-refractivity contribution in [3.8, 4) is 23.0 Å². The molecule has 0 saturated carbocycles. The molecule has 1 fully saturated rings. The van der Waals surface area contributed by atoms with Crippen LogP contribution in [0.4, 0.5) is 0 Å². The standard InChI is InChI=1S/C33H32N2O4.C18H15NO3.C15H17NO.CH4/c36-27-13-11-24(12-14-27)19-20-35(21-25-7-3-1-4-8-25)22-30(37)28-15-17-31(33-29(28)16-18-32(38)34-33)39-23-26-9-5-2-6-10-26;20-17-9-7-14-13(16-11-22-16)6-8-15(18(14)19-17)21-10-12-4-2-1-3-5-12;17-15-8-6-13(7-9-15)10-11-16-12-14-4-2-1-3-5-14;/h1-18,30,36-37H,19-23H2,(H,34,38);1-9,16H,10-11H2,(H,19,20);1-9,16-17H,10-12H2;1H4/t30-;16-;;/m00../s1. The third kappa shape index (κ3) is 16.9. The predicted octanol–water partition coefficient (Wildman–Crippen LogP) is 12.1. The second-order valence-electron chi connectivity index (χ2n) is 19.1. The molecule has 8 aromatic carbocycles. The molecule has 12 nitrogen and oxygen atoms in total. The van der Waals surface area contributed by atoms with E-state index in [9.17, 15) is 19.8 Å². The van der Waals surface area contributed by atoms with E-state index in [4.69, 9.17) is 19.3 Å². The summed E-state index contributed by atoms with van der Waals surface area (Å²) in [7, 11) is 0. The van der Waals surface area contributed by atoms with E-state index in [1.54, 1.807) is 30.3 Å². The Hall–Kier alpha value is -8.78. The van der Waals surface area contributed by atoms with Gasteiger partial charge in [0.25, 0.3) is 0 Å². The van der Waals surface area contributed by atoms with Crippen LogP contribution in [0.15, 0.2) is 228 Å². The first-order valence-corrected chi connectivity index (χ1v) is 26.2. The van der Waals surface area contributed by atoms with E-state index >= 15 is 0 Å². The molecule has 10 aromatic rings. The predicted molar refractivity (Wildman–Crippen MR) is 315 cm³/mol. The zero-order valence-electron chi connectivity index (χ0n) is 43.3. The molecule has 12 heteroatoms. The molecular formula is C67H68N4O8. The number of phenolic OH excluding ortho intramolecular Hbond substituents is 2. The van der Waals surface area contributed by atoms with Crippen LogP contribution in [-0.4, -0.2) is 56.4 Å². The van der Waals surface area contributed by atoms with Crippen molar-refractivity contribution in [1.29, 1.82) is 0 Å². The molecule has 6 N–H and O–H groups in total. The fourth-order valence-corrected chi connectivity index (χ4v) is 9.10. The second-order valence-corrected chi connectivity index (χ2v) is 19.1. The van der Waals surface area contributed by atoms with E-state index in [-0.39, 0.29) is 30.4 Å². The summed E-state index contributed by atoms with van der Waals surface area (Å²) in [4.78, 5) is 31.9. The molecule has 0 radical (unpaired) electrons. The zero-order chi connectivity index (χ0) is 53.9. The quantitative estimate of drug-likeness (QED) is 0.0319. The van der Waals surface area contributed by atoms with Crippen LogP contribution in [0.3, 0.4) is 0 Å². The van der Waals surface area contributed by atoms with Crippen LogP contribution in [-0.2, 0) is 43.9 Å². The summed E-state index contributed by atoms with van der Waals surface area (Å²) in [5, 5.41) is 35.4. The van der Waals surface area contributed by atoms with Crippen LogP contribution in [0.5, 0.6) is 23.0 Å². The number of hydrogen-bond donors (Lipinski definition) is 6. The third-order valence-corrected chi connectivity index (χ3v) is 13.3. The summed E-state index contributed by atoms with van der Waals surface area (Å²) in [5.74, 6) is 1.82. The van der Waals surface area contributed by atoms with Gasteiger partial charge in [-0.1, -0.05) is 165 Å². The zero-order valence-corrected chi connectivity index (χ0v) is 43.3. The number of phenols is 2. The summed E-state index contributed by atoms with van der Waals surface area (Å²) in [6.07, 6.45) is 1.11. The maximum absolute atomic E-state index is 12.2. The second kappa shape index (κ2) is 28.6. The topological polar surface area (TPSA) is 173 Å². The molecular weight excluding hydrogens is 989 g/mol. The van der Waals surface area contributed by atoms with E-state index in [2.05, 4.69) is 56.6 Å². The minimum absolute atomic E-state index is 0. The molecule has 2 aromatic heterocycles. The largest absolute Gasteiger partial charge is 0.508 e. The van der Waals surface area contributed by atoms with Crippen LogP contribution in [0, 0.1) is 0 Å². The summed E-state index contributed by atoms with van der Waals surface area (Å²) in [5.41, 5.74) is 9.71.